The highest BCUT2D eigenvalue weighted by Gasteiger charge is 2.11. The van der Waals surface area contributed by atoms with Crippen LogP contribution in [-0.4, -0.2) is 12.2 Å². The number of ether oxygens (including phenoxy) is 1. The summed E-state index contributed by atoms with van der Waals surface area (Å²) >= 11 is 9.21. The van der Waals surface area contributed by atoms with Crippen molar-refractivity contribution in [2.75, 3.05) is 12.4 Å². The van der Waals surface area contributed by atoms with E-state index in [1.165, 1.54) is 19.2 Å². The van der Waals surface area contributed by atoms with E-state index < -0.39 is 0 Å². The number of benzene rings is 2. The Morgan fingerprint density at radius 3 is 2.80 bits per heavy atom. The number of phenols is 1. The molecule has 0 spiro atoms. The molecule has 0 aliphatic carbocycles. The first kappa shape index (κ1) is 14.9. The van der Waals surface area contributed by atoms with Crippen LogP contribution in [0.4, 0.5) is 10.1 Å². The zero-order valence-electron chi connectivity index (χ0n) is 10.6. The molecule has 0 bridgehead atoms. The van der Waals surface area contributed by atoms with E-state index >= 15 is 0 Å². The zero-order valence-corrected chi connectivity index (χ0v) is 12.9. The van der Waals surface area contributed by atoms with Crippen LogP contribution >= 0.6 is 27.5 Å². The van der Waals surface area contributed by atoms with E-state index in [2.05, 4.69) is 21.2 Å². The molecule has 2 aromatic rings. The highest BCUT2D eigenvalue weighted by atomic mass is 79.9. The Bertz CT molecular complexity index is 637. The van der Waals surface area contributed by atoms with E-state index in [-0.39, 0.29) is 23.9 Å². The summed E-state index contributed by atoms with van der Waals surface area (Å²) in [6.07, 6.45) is 0. The van der Waals surface area contributed by atoms with Gasteiger partial charge in [-0.05, 0) is 24.3 Å². The first-order chi connectivity index (χ1) is 9.51. The van der Waals surface area contributed by atoms with E-state index in [0.717, 1.165) is 4.47 Å². The summed E-state index contributed by atoms with van der Waals surface area (Å²) in [5, 5.41) is 13.3. The van der Waals surface area contributed by atoms with E-state index in [9.17, 15) is 9.50 Å². The molecular weight excluding hydrogens is 349 g/mol. The topological polar surface area (TPSA) is 41.5 Å². The number of hydrogen-bond acceptors (Lipinski definition) is 3. The van der Waals surface area contributed by atoms with Gasteiger partial charge in [-0.15, -0.1) is 0 Å². The van der Waals surface area contributed by atoms with Gasteiger partial charge in [0.1, 0.15) is 5.82 Å². The van der Waals surface area contributed by atoms with Crippen LogP contribution in [0.1, 0.15) is 5.56 Å². The molecule has 2 N–H and O–H groups in total. The molecule has 3 nitrogen and oxygen atoms in total. The quantitative estimate of drug-likeness (QED) is 0.839. The van der Waals surface area contributed by atoms with Crippen molar-refractivity contribution in [1.82, 2.24) is 0 Å². The lowest BCUT2D eigenvalue weighted by Gasteiger charge is -2.12. The van der Waals surface area contributed by atoms with Crippen LogP contribution in [0.15, 0.2) is 34.8 Å². The number of anilines is 1. The summed E-state index contributed by atoms with van der Waals surface area (Å²) in [6, 6.07) is 7.70. The fraction of sp³-hybridized carbons (Fsp3) is 0.143. The molecule has 2 aromatic carbocycles. The Labute approximate surface area is 129 Å². The van der Waals surface area contributed by atoms with Crippen molar-refractivity contribution in [1.29, 1.82) is 0 Å². The Morgan fingerprint density at radius 2 is 2.10 bits per heavy atom. The van der Waals surface area contributed by atoms with Gasteiger partial charge in [-0.1, -0.05) is 27.5 Å². The SMILES string of the molecule is COc1cc(Cl)cc(CNc2cc(Br)ccc2F)c1O. The second-order valence-electron chi connectivity index (χ2n) is 4.09. The van der Waals surface area contributed by atoms with E-state index in [1.54, 1.807) is 18.2 Å². The van der Waals surface area contributed by atoms with Gasteiger partial charge in [0.25, 0.3) is 0 Å². The fourth-order valence-electron chi connectivity index (χ4n) is 1.74. The van der Waals surface area contributed by atoms with Gasteiger partial charge in [0.15, 0.2) is 11.5 Å². The molecule has 0 amide bonds. The maximum absolute atomic E-state index is 13.6. The van der Waals surface area contributed by atoms with Crippen molar-refractivity contribution in [2.24, 2.45) is 0 Å². The molecule has 0 fully saturated rings. The Hall–Kier alpha value is -1.46. The smallest absolute Gasteiger partial charge is 0.162 e. The third kappa shape index (κ3) is 3.35. The number of aromatic hydroxyl groups is 1. The van der Waals surface area contributed by atoms with Crippen molar-refractivity contribution < 1.29 is 14.2 Å². The Morgan fingerprint density at radius 1 is 1.35 bits per heavy atom. The first-order valence-corrected chi connectivity index (χ1v) is 6.92. The number of nitrogens with one attached hydrogen (secondary N) is 1. The number of rotatable bonds is 4. The monoisotopic (exact) mass is 359 g/mol. The molecule has 20 heavy (non-hydrogen) atoms. The molecule has 6 heteroatoms. The minimum absolute atomic E-state index is 0.0141. The van der Waals surface area contributed by atoms with Crippen molar-refractivity contribution in [3.63, 3.8) is 0 Å². The lowest BCUT2D eigenvalue weighted by Crippen LogP contribution is -2.02. The Balaban J connectivity index is 2.23. The first-order valence-electron chi connectivity index (χ1n) is 5.75. The summed E-state index contributed by atoms with van der Waals surface area (Å²) in [4.78, 5) is 0. The molecule has 0 aliphatic heterocycles. The normalized spacial score (nSPS) is 10.4. The van der Waals surface area contributed by atoms with Gasteiger partial charge >= 0.3 is 0 Å². The molecule has 0 saturated heterocycles. The van der Waals surface area contributed by atoms with Gasteiger partial charge < -0.3 is 15.2 Å². The summed E-state index contributed by atoms with van der Waals surface area (Å²) in [6.45, 7) is 0.218. The van der Waals surface area contributed by atoms with Crippen molar-refractivity contribution in [3.05, 3.63) is 51.2 Å². The fourth-order valence-corrected chi connectivity index (χ4v) is 2.33. The predicted molar refractivity (Wildman–Crippen MR) is 81.1 cm³/mol. The van der Waals surface area contributed by atoms with Gasteiger partial charge in [0.2, 0.25) is 0 Å². The molecule has 0 heterocycles. The molecule has 0 aliphatic rings. The maximum Gasteiger partial charge on any atom is 0.162 e. The summed E-state index contributed by atoms with van der Waals surface area (Å²) in [7, 11) is 1.44. The minimum atomic E-state index is -0.373. The largest absolute Gasteiger partial charge is 0.504 e. The summed E-state index contributed by atoms with van der Waals surface area (Å²) < 4.78 is 19.4. The standard InChI is InChI=1S/C14H12BrClFNO2/c1-20-13-6-10(16)4-8(14(13)19)7-18-12-5-9(15)2-3-11(12)17/h2-6,18-19H,7H2,1H3. The van der Waals surface area contributed by atoms with Gasteiger partial charge in [0.05, 0.1) is 12.8 Å². The zero-order chi connectivity index (χ0) is 14.7. The van der Waals surface area contributed by atoms with Crippen molar-refractivity contribution in [2.45, 2.75) is 6.54 Å². The molecular formula is C14H12BrClFNO2. The van der Waals surface area contributed by atoms with Crippen LogP contribution in [-0.2, 0) is 6.54 Å². The average molecular weight is 361 g/mol. The molecule has 0 radical (unpaired) electrons. The average Bonchev–Trinajstić information content (AvgIpc) is 2.42. The summed E-state index contributed by atoms with van der Waals surface area (Å²) in [5.41, 5.74) is 0.853. The van der Waals surface area contributed by atoms with E-state index in [1.807, 2.05) is 0 Å². The van der Waals surface area contributed by atoms with Crippen molar-refractivity contribution in [3.8, 4) is 11.5 Å². The third-order valence-corrected chi connectivity index (χ3v) is 3.45. The number of phenolic OH excluding ortho intramolecular Hbond substituents is 1. The van der Waals surface area contributed by atoms with Crippen molar-refractivity contribution >= 4 is 33.2 Å². The van der Waals surface area contributed by atoms with Crippen LogP contribution in [0.2, 0.25) is 5.02 Å². The van der Waals surface area contributed by atoms with Gasteiger partial charge in [-0.25, -0.2) is 4.39 Å². The summed E-state index contributed by atoms with van der Waals surface area (Å²) in [5.74, 6) is -0.106. The Kier molecular flexibility index (Phi) is 4.73. The predicted octanol–water partition coefficient (Wildman–Crippen LogP) is 4.57. The second kappa shape index (κ2) is 6.33. The van der Waals surface area contributed by atoms with Crippen LogP contribution in [0.25, 0.3) is 0 Å². The highest BCUT2D eigenvalue weighted by Crippen LogP contribution is 2.34. The van der Waals surface area contributed by atoms with Crippen LogP contribution in [0.3, 0.4) is 0 Å². The lowest BCUT2D eigenvalue weighted by atomic mass is 10.1. The van der Waals surface area contributed by atoms with Crippen LogP contribution in [0, 0.1) is 5.82 Å². The highest BCUT2D eigenvalue weighted by molar-refractivity contribution is 9.10. The number of methoxy groups -OCH3 is 1. The number of halogens is 3. The van der Waals surface area contributed by atoms with E-state index in [0.29, 0.717) is 16.3 Å². The molecule has 0 atom stereocenters. The third-order valence-electron chi connectivity index (χ3n) is 2.74. The minimum Gasteiger partial charge on any atom is -0.504 e. The second-order valence-corrected chi connectivity index (χ2v) is 5.45. The molecule has 0 unspecified atom stereocenters. The van der Waals surface area contributed by atoms with Gasteiger partial charge in [-0.3, -0.25) is 0 Å². The molecule has 106 valence electrons. The van der Waals surface area contributed by atoms with Gasteiger partial charge in [-0.2, -0.15) is 0 Å². The maximum atomic E-state index is 13.6. The lowest BCUT2D eigenvalue weighted by molar-refractivity contribution is 0.371. The van der Waals surface area contributed by atoms with Crippen LogP contribution in [0.5, 0.6) is 11.5 Å². The molecule has 0 saturated carbocycles. The van der Waals surface area contributed by atoms with E-state index in [4.69, 9.17) is 16.3 Å². The molecule has 2 rings (SSSR count). The molecule has 0 aromatic heterocycles. The van der Waals surface area contributed by atoms with Crippen LogP contribution < -0.4 is 10.1 Å². The number of hydrogen-bond donors (Lipinski definition) is 2. The van der Waals surface area contributed by atoms with Gasteiger partial charge in [0, 0.05) is 27.7 Å².